The van der Waals surface area contributed by atoms with Crippen molar-refractivity contribution in [2.75, 3.05) is 33.8 Å². The first kappa shape index (κ1) is 19.7. The second kappa shape index (κ2) is 9.11. The number of carbonyl (C=O) groups is 1. The number of aliphatic imine (C=N–C) groups is 1. The summed E-state index contributed by atoms with van der Waals surface area (Å²) >= 11 is 0. The lowest BCUT2D eigenvalue weighted by atomic mass is 9.64. The first-order valence-corrected chi connectivity index (χ1v) is 8.69. The van der Waals surface area contributed by atoms with Crippen molar-refractivity contribution >= 4 is 11.9 Å². The number of guanidine groups is 1. The van der Waals surface area contributed by atoms with Crippen LogP contribution in [0.4, 0.5) is 0 Å². The summed E-state index contributed by atoms with van der Waals surface area (Å²) in [7, 11) is 3.48. The molecule has 1 aliphatic rings. The highest BCUT2D eigenvalue weighted by Gasteiger charge is 2.49. The third-order valence-corrected chi connectivity index (χ3v) is 4.52. The molecule has 1 saturated carbocycles. The molecule has 0 spiro atoms. The Morgan fingerprint density at radius 1 is 1.35 bits per heavy atom. The van der Waals surface area contributed by atoms with Gasteiger partial charge in [-0.2, -0.15) is 0 Å². The number of nitrogens with one attached hydrogen (secondary N) is 2. The Bertz CT molecular complexity index is 407. The highest BCUT2D eigenvalue weighted by molar-refractivity contribution is 5.85. The molecule has 6 nitrogen and oxygen atoms in total. The Kier molecular flexibility index (Phi) is 7.82. The van der Waals surface area contributed by atoms with Gasteiger partial charge in [-0.15, -0.1) is 0 Å². The summed E-state index contributed by atoms with van der Waals surface area (Å²) in [5.41, 5.74) is 0.0650. The van der Waals surface area contributed by atoms with Crippen molar-refractivity contribution < 1.29 is 9.53 Å². The zero-order valence-corrected chi connectivity index (χ0v) is 15.6. The minimum atomic E-state index is -0.00384. The molecule has 6 heteroatoms. The van der Waals surface area contributed by atoms with E-state index in [4.69, 9.17) is 4.74 Å². The lowest BCUT2D eigenvalue weighted by Gasteiger charge is -2.52. The molecule has 0 aromatic heterocycles. The van der Waals surface area contributed by atoms with E-state index in [0.717, 1.165) is 32.4 Å². The van der Waals surface area contributed by atoms with E-state index in [1.807, 2.05) is 6.92 Å². The maximum Gasteiger partial charge on any atom is 0.243 e. The van der Waals surface area contributed by atoms with Crippen LogP contribution in [0.25, 0.3) is 0 Å². The number of likely N-dealkylation sites (N-methyl/N-ethyl adjacent to an activating group) is 1. The molecule has 0 saturated heterocycles. The van der Waals surface area contributed by atoms with E-state index in [1.54, 1.807) is 19.0 Å². The van der Waals surface area contributed by atoms with E-state index in [0.29, 0.717) is 12.0 Å². The topological polar surface area (TPSA) is 66.0 Å². The first-order chi connectivity index (χ1) is 10.8. The molecule has 0 bridgehead atoms. The molecular formula is C17H34N4O2. The number of amides is 1. The van der Waals surface area contributed by atoms with Crippen LogP contribution in [0, 0.1) is 5.41 Å². The van der Waals surface area contributed by atoms with Gasteiger partial charge < -0.3 is 20.3 Å². The van der Waals surface area contributed by atoms with E-state index >= 15 is 0 Å². The number of nitrogens with zero attached hydrogens (tertiary/aromatic N) is 2. The third-order valence-electron chi connectivity index (χ3n) is 4.52. The summed E-state index contributed by atoms with van der Waals surface area (Å²) < 4.78 is 5.97. The summed E-state index contributed by atoms with van der Waals surface area (Å²) in [4.78, 5) is 17.6. The fourth-order valence-electron chi connectivity index (χ4n) is 2.56. The van der Waals surface area contributed by atoms with Crippen molar-refractivity contribution in [1.29, 1.82) is 0 Å². The van der Waals surface area contributed by atoms with Crippen molar-refractivity contribution in [3.63, 3.8) is 0 Å². The van der Waals surface area contributed by atoms with Gasteiger partial charge in [0, 0.05) is 38.7 Å². The predicted molar refractivity (Wildman–Crippen MR) is 94.6 cm³/mol. The van der Waals surface area contributed by atoms with E-state index in [1.165, 1.54) is 0 Å². The van der Waals surface area contributed by atoms with Crippen molar-refractivity contribution in [1.82, 2.24) is 15.5 Å². The van der Waals surface area contributed by atoms with Gasteiger partial charge in [0.25, 0.3) is 0 Å². The summed E-state index contributed by atoms with van der Waals surface area (Å²) in [6.07, 6.45) is 3.54. The molecule has 2 atom stereocenters. The van der Waals surface area contributed by atoms with Crippen LogP contribution in [-0.4, -0.2) is 62.7 Å². The lowest BCUT2D eigenvalue weighted by molar-refractivity contribution is -0.127. The van der Waals surface area contributed by atoms with Crippen LogP contribution in [0.1, 0.15) is 47.0 Å². The number of hydrogen-bond acceptors (Lipinski definition) is 3. The van der Waals surface area contributed by atoms with Crippen LogP contribution in [0.2, 0.25) is 0 Å². The highest BCUT2D eigenvalue weighted by Crippen LogP contribution is 2.42. The maximum absolute atomic E-state index is 11.7. The average Bonchev–Trinajstić information content (AvgIpc) is 2.50. The van der Waals surface area contributed by atoms with E-state index < -0.39 is 0 Å². The van der Waals surface area contributed by atoms with Crippen LogP contribution in [0.5, 0.6) is 0 Å². The number of rotatable bonds is 8. The minimum Gasteiger partial charge on any atom is -0.378 e. The van der Waals surface area contributed by atoms with Gasteiger partial charge in [0.05, 0.1) is 6.10 Å². The van der Waals surface area contributed by atoms with Crippen molar-refractivity contribution in [3.05, 3.63) is 0 Å². The van der Waals surface area contributed by atoms with Crippen molar-refractivity contribution in [2.45, 2.75) is 59.1 Å². The quantitative estimate of drug-likeness (QED) is 0.404. The molecule has 1 aliphatic carbocycles. The zero-order valence-electron chi connectivity index (χ0n) is 15.6. The summed E-state index contributed by atoms with van der Waals surface area (Å²) in [6.45, 7) is 10.4. The van der Waals surface area contributed by atoms with Gasteiger partial charge >= 0.3 is 0 Å². The Hall–Kier alpha value is -1.30. The van der Waals surface area contributed by atoms with Gasteiger partial charge in [0.1, 0.15) is 6.54 Å². The Morgan fingerprint density at radius 2 is 2.04 bits per heavy atom. The number of carbonyl (C=O) groups excluding carboxylic acids is 1. The number of ether oxygens (including phenoxy) is 1. The largest absolute Gasteiger partial charge is 0.378 e. The van der Waals surface area contributed by atoms with Crippen LogP contribution >= 0.6 is 0 Å². The molecule has 1 amide bonds. The highest BCUT2D eigenvalue weighted by atomic mass is 16.5. The molecule has 1 fully saturated rings. The molecule has 1 rings (SSSR count). The first-order valence-electron chi connectivity index (χ1n) is 8.69. The maximum atomic E-state index is 11.7. The van der Waals surface area contributed by atoms with Gasteiger partial charge in [0.2, 0.25) is 5.91 Å². The van der Waals surface area contributed by atoms with Crippen LogP contribution in [0.15, 0.2) is 4.99 Å². The fourth-order valence-corrected chi connectivity index (χ4v) is 2.56. The SMILES string of the molecule is CCCCOC1CC(NC(=NCC(=O)N(C)C)NCC)C1(C)C. The molecule has 2 unspecified atom stereocenters. The summed E-state index contributed by atoms with van der Waals surface area (Å²) in [5, 5.41) is 6.66. The second-order valence-electron chi connectivity index (χ2n) is 6.95. The lowest BCUT2D eigenvalue weighted by Crippen LogP contribution is -2.63. The second-order valence-corrected chi connectivity index (χ2v) is 6.95. The zero-order chi connectivity index (χ0) is 17.5. The molecule has 0 aromatic carbocycles. The van der Waals surface area contributed by atoms with Gasteiger partial charge in [-0.05, 0) is 19.8 Å². The smallest absolute Gasteiger partial charge is 0.243 e. The number of hydrogen-bond donors (Lipinski definition) is 2. The molecule has 23 heavy (non-hydrogen) atoms. The molecule has 0 radical (unpaired) electrons. The van der Waals surface area contributed by atoms with Gasteiger partial charge in [-0.1, -0.05) is 27.2 Å². The van der Waals surface area contributed by atoms with Crippen LogP contribution in [-0.2, 0) is 9.53 Å². The third kappa shape index (κ3) is 5.68. The Balaban J connectivity index is 2.54. The molecule has 134 valence electrons. The van der Waals surface area contributed by atoms with Crippen molar-refractivity contribution in [3.8, 4) is 0 Å². The van der Waals surface area contributed by atoms with E-state index in [-0.39, 0.29) is 24.0 Å². The van der Waals surface area contributed by atoms with Gasteiger partial charge in [-0.25, -0.2) is 4.99 Å². The Labute approximate surface area is 141 Å². The summed E-state index contributed by atoms with van der Waals surface area (Å²) in [6, 6.07) is 0.307. The number of unbranched alkanes of at least 4 members (excludes halogenated alkanes) is 1. The Morgan fingerprint density at radius 3 is 2.57 bits per heavy atom. The molecule has 2 N–H and O–H groups in total. The van der Waals surface area contributed by atoms with Crippen LogP contribution < -0.4 is 10.6 Å². The molecule has 0 aliphatic heterocycles. The monoisotopic (exact) mass is 326 g/mol. The van der Waals surface area contributed by atoms with Crippen molar-refractivity contribution in [2.24, 2.45) is 10.4 Å². The minimum absolute atomic E-state index is 0.00384. The average molecular weight is 326 g/mol. The fraction of sp³-hybridized carbons (Fsp3) is 0.882. The van der Waals surface area contributed by atoms with E-state index in [2.05, 4.69) is 36.4 Å². The van der Waals surface area contributed by atoms with E-state index in [9.17, 15) is 4.79 Å². The van der Waals surface area contributed by atoms with Gasteiger partial charge in [-0.3, -0.25) is 4.79 Å². The molecular weight excluding hydrogens is 292 g/mol. The van der Waals surface area contributed by atoms with Gasteiger partial charge in [0.15, 0.2) is 5.96 Å². The van der Waals surface area contributed by atoms with Crippen LogP contribution in [0.3, 0.4) is 0 Å². The standard InChI is InChI=1S/C17H34N4O2/c1-7-9-10-23-14-11-13(17(14,3)4)20-16(18-8-2)19-12-15(22)21(5)6/h13-14H,7-12H2,1-6H3,(H2,18,19,20). The predicted octanol–water partition coefficient (Wildman–Crippen LogP) is 1.61. The molecule has 0 heterocycles. The molecule has 0 aromatic rings. The normalized spacial score (nSPS) is 23.1. The summed E-state index contributed by atoms with van der Waals surface area (Å²) in [5.74, 6) is 0.698.